The van der Waals surface area contributed by atoms with Crippen LogP contribution in [0, 0.1) is 30.9 Å². The average Bonchev–Trinajstić information content (AvgIpc) is 2.36. The molecule has 0 amide bonds. The van der Waals surface area contributed by atoms with Gasteiger partial charge in [0.2, 0.25) is 5.75 Å². The molecule has 1 aromatic carbocycles. The van der Waals surface area contributed by atoms with E-state index in [4.69, 9.17) is 16.3 Å². The van der Waals surface area contributed by atoms with Crippen molar-refractivity contribution in [1.29, 1.82) is 0 Å². The Bertz CT molecular complexity index is 686. The van der Waals surface area contributed by atoms with E-state index in [1.807, 2.05) is 6.07 Å². The Morgan fingerprint density at radius 3 is 2.55 bits per heavy atom. The van der Waals surface area contributed by atoms with Gasteiger partial charge in [0.05, 0.1) is 4.92 Å². The molecule has 1 heterocycles. The van der Waals surface area contributed by atoms with Crippen molar-refractivity contribution in [3.05, 3.63) is 56.4 Å². The molecule has 0 saturated carbocycles. The molecule has 0 saturated heterocycles. The highest BCUT2D eigenvalue weighted by molar-refractivity contribution is 6.29. The maximum Gasteiger partial charge on any atom is 0.312 e. The van der Waals surface area contributed by atoms with E-state index in [1.54, 1.807) is 33.0 Å². The Morgan fingerprint density at radius 2 is 1.90 bits per heavy atom. The molecule has 0 aliphatic carbocycles. The molecule has 0 aliphatic heterocycles. The first-order chi connectivity index (χ1) is 9.38. The number of hydrogen-bond donors (Lipinski definition) is 0. The number of nitro groups is 1. The summed E-state index contributed by atoms with van der Waals surface area (Å²) in [4.78, 5) is 14.6. The van der Waals surface area contributed by atoms with Crippen molar-refractivity contribution >= 4 is 17.3 Å². The molecule has 0 atom stereocenters. The van der Waals surface area contributed by atoms with Crippen molar-refractivity contribution in [3.63, 3.8) is 0 Å². The van der Waals surface area contributed by atoms with E-state index in [0.717, 1.165) is 11.1 Å². The zero-order chi connectivity index (χ0) is 14.9. The van der Waals surface area contributed by atoms with Crippen LogP contribution in [0.4, 0.5) is 5.69 Å². The summed E-state index contributed by atoms with van der Waals surface area (Å²) in [6.45, 7) is 5.37. The molecule has 0 unspecified atom stereocenters. The minimum Gasteiger partial charge on any atom is -0.449 e. The lowest BCUT2D eigenvalue weighted by atomic mass is 10.1. The van der Waals surface area contributed by atoms with E-state index in [9.17, 15) is 10.1 Å². The van der Waals surface area contributed by atoms with Gasteiger partial charge in [-0.05, 0) is 31.9 Å². The van der Waals surface area contributed by atoms with Crippen LogP contribution in [0.2, 0.25) is 5.15 Å². The van der Waals surface area contributed by atoms with Gasteiger partial charge in [-0.1, -0.05) is 17.7 Å². The third-order valence-corrected chi connectivity index (χ3v) is 3.04. The molecule has 0 fully saturated rings. The van der Waals surface area contributed by atoms with Gasteiger partial charge in [-0.2, -0.15) is 0 Å². The number of benzene rings is 1. The number of aryl methyl sites for hydroxylation is 3. The smallest absolute Gasteiger partial charge is 0.312 e. The molecule has 2 rings (SSSR count). The number of halogens is 1. The van der Waals surface area contributed by atoms with Crippen LogP contribution in [0.1, 0.15) is 16.7 Å². The summed E-state index contributed by atoms with van der Waals surface area (Å²) in [6, 6.07) is 4.86. The van der Waals surface area contributed by atoms with Crippen molar-refractivity contribution < 1.29 is 9.66 Å². The summed E-state index contributed by atoms with van der Waals surface area (Å²) in [5.74, 6) is 0.686. The fraction of sp³-hybridized carbons (Fsp3) is 0.214. The quantitative estimate of drug-likeness (QED) is 0.479. The number of aromatic nitrogens is 1. The second-order valence-electron chi connectivity index (χ2n) is 4.56. The van der Waals surface area contributed by atoms with Gasteiger partial charge in [0.25, 0.3) is 0 Å². The van der Waals surface area contributed by atoms with E-state index in [1.165, 1.54) is 6.07 Å². The Labute approximate surface area is 121 Å². The van der Waals surface area contributed by atoms with Crippen LogP contribution in [0.25, 0.3) is 0 Å². The Balaban J connectivity index is 2.53. The highest BCUT2D eigenvalue weighted by Crippen LogP contribution is 2.37. The molecule has 20 heavy (non-hydrogen) atoms. The van der Waals surface area contributed by atoms with Crippen molar-refractivity contribution in [3.8, 4) is 11.5 Å². The molecule has 104 valence electrons. The number of rotatable bonds is 3. The van der Waals surface area contributed by atoms with Crippen molar-refractivity contribution in [2.45, 2.75) is 20.8 Å². The molecule has 1 aromatic heterocycles. The van der Waals surface area contributed by atoms with Gasteiger partial charge in [0.1, 0.15) is 10.9 Å². The average molecular weight is 293 g/mol. The van der Waals surface area contributed by atoms with Crippen LogP contribution in [-0.2, 0) is 0 Å². The van der Waals surface area contributed by atoms with Crippen LogP contribution >= 0.6 is 11.6 Å². The zero-order valence-electron chi connectivity index (χ0n) is 11.3. The van der Waals surface area contributed by atoms with Gasteiger partial charge >= 0.3 is 5.69 Å². The normalized spacial score (nSPS) is 10.4. The number of hydrogen-bond acceptors (Lipinski definition) is 4. The van der Waals surface area contributed by atoms with E-state index in [2.05, 4.69) is 4.98 Å². The van der Waals surface area contributed by atoms with E-state index in [0.29, 0.717) is 11.3 Å². The van der Waals surface area contributed by atoms with Gasteiger partial charge in [-0.25, -0.2) is 4.98 Å². The van der Waals surface area contributed by atoms with Crippen molar-refractivity contribution in [1.82, 2.24) is 4.98 Å². The lowest BCUT2D eigenvalue weighted by molar-refractivity contribution is -0.385. The summed E-state index contributed by atoms with van der Waals surface area (Å²) in [7, 11) is 0. The Morgan fingerprint density at radius 1 is 1.20 bits per heavy atom. The lowest BCUT2D eigenvalue weighted by Gasteiger charge is -2.12. The van der Waals surface area contributed by atoms with Gasteiger partial charge in [-0.3, -0.25) is 10.1 Å². The number of nitro benzene ring substituents is 1. The number of pyridine rings is 1. The predicted octanol–water partition coefficient (Wildman–Crippen LogP) is 4.36. The largest absolute Gasteiger partial charge is 0.449 e. The fourth-order valence-corrected chi connectivity index (χ4v) is 2.05. The second-order valence-corrected chi connectivity index (χ2v) is 4.95. The maximum absolute atomic E-state index is 11.2. The van der Waals surface area contributed by atoms with Crippen LogP contribution in [-0.4, -0.2) is 9.91 Å². The van der Waals surface area contributed by atoms with Crippen molar-refractivity contribution in [2.24, 2.45) is 0 Å². The molecule has 0 aliphatic rings. The maximum atomic E-state index is 11.2. The first-order valence-electron chi connectivity index (χ1n) is 5.94. The first-order valence-corrected chi connectivity index (χ1v) is 6.32. The number of ether oxygens (including phenoxy) is 1. The molecule has 0 radical (unpaired) electrons. The van der Waals surface area contributed by atoms with Crippen LogP contribution in [0.3, 0.4) is 0 Å². The van der Waals surface area contributed by atoms with Crippen molar-refractivity contribution in [2.75, 3.05) is 0 Å². The van der Waals surface area contributed by atoms with E-state index in [-0.39, 0.29) is 16.6 Å². The van der Waals surface area contributed by atoms with Gasteiger partial charge < -0.3 is 4.74 Å². The summed E-state index contributed by atoms with van der Waals surface area (Å²) in [5.41, 5.74) is 2.20. The third kappa shape index (κ3) is 2.88. The van der Waals surface area contributed by atoms with E-state index < -0.39 is 4.92 Å². The molecule has 0 bridgehead atoms. The summed E-state index contributed by atoms with van der Waals surface area (Å²) in [6.07, 6.45) is 1.56. The number of nitrogens with zero attached hydrogens (tertiary/aromatic N) is 2. The Hall–Kier alpha value is -2.14. The highest BCUT2D eigenvalue weighted by atomic mass is 35.5. The second kappa shape index (κ2) is 5.46. The van der Waals surface area contributed by atoms with Crippen LogP contribution in [0.15, 0.2) is 24.4 Å². The standard InChI is InChI=1S/C14H13ClN2O3/c1-8-4-9(2)14(11(5-8)17(18)19)20-12-6-13(15)16-7-10(12)3/h4-7H,1-3H3. The minimum atomic E-state index is -0.451. The summed E-state index contributed by atoms with van der Waals surface area (Å²) >= 11 is 5.83. The zero-order valence-corrected chi connectivity index (χ0v) is 12.1. The summed E-state index contributed by atoms with van der Waals surface area (Å²) in [5, 5.41) is 11.4. The molecular formula is C14H13ClN2O3. The Kier molecular flexibility index (Phi) is 3.90. The SMILES string of the molecule is Cc1cc(C)c(Oc2cc(Cl)ncc2C)c([N+](=O)[O-])c1. The highest BCUT2D eigenvalue weighted by Gasteiger charge is 2.20. The van der Waals surface area contributed by atoms with Crippen LogP contribution in [0.5, 0.6) is 11.5 Å². The molecule has 2 aromatic rings. The van der Waals surface area contributed by atoms with E-state index >= 15 is 0 Å². The molecular weight excluding hydrogens is 280 g/mol. The van der Waals surface area contributed by atoms with Crippen LogP contribution < -0.4 is 4.74 Å². The lowest BCUT2D eigenvalue weighted by Crippen LogP contribution is -1.98. The topological polar surface area (TPSA) is 65.3 Å². The molecule has 5 nitrogen and oxygen atoms in total. The minimum absolute atomic E-state index is 0.0603. The van der Waals surface area contributed by atoms with Gasteiger partial charge in [0, 0.05) is 23.9 Å². The summed E-state index contributed by atoms with van der Waals surface area (Å²) < 4.78 is 5.70. The molecule has 0 spiro atoms. The monoisotopic (exact) mass is 292 g/mol. The van der Waals surface area contributed by atoms with Gasteiger partial charge in [0.15, 0.2) is 0 Å². The predicted molar refractivity (Wildman–Crippen MR) is 76.6 cm³/mol. The van der Waals surface area contributed by atoms with Gasteiger partial charge in [-0.15, -0.1) is 0 Å². The molecule has 6 heteroatoms. The fourth-order valence-electron chi connectivity index (χ4n) is 1.90. The molecule has 0 N–H and O–H groups in total. The third-order valence-electron chi connectivity index (χ3n) is 2.83. The first kappa shape index (κ1) is 14.3.